The van der Waals surface area contributed by atoms with Crippen molar-refractivity contribution in [1.82, 2.24) is 10.2 Å². The van der Waals surface area contributed by atoms with E-state index in [-0.39, 0.29) is 5.54 Å². The summed E-state index contributed by atoms with van der Waals surface area (Å²) in [6, 6.07) is 0.599. The van der Waals surface area contributed by atoms with E-state index in [9.17, 15) is 0 Å². The van der Waals surface area contributed by atoms with Gasteiger partial charge in [-0.15, -0.1) is 0 Å². The summed E-state index contributed by atoms with van der Waals surface area (Å²) in [4.78, 5) is 2.72. The van der Waals surface area contributed by atoms with Crippen molar-refractivity contribution in [3.05, 3.63) is 0 Å². The third-order valence-electron chi connectivity index (χ3n) is 5.52. The molecule has 2 aliphatic heterocycles. The summed E-state index contributed by atoms with van der Waals surface area (Å²) in [5, 5.41) is 3.76. The van der Waals surface area contributed by atoms with Crippen molar-refractivity contribution in [3.8, 4) is 0 Å². The van der Waals surface area contributed by atoms with Crippen molar-refractivity contribution < 1.29 is 4.74 Å². The normalized spacial score (nSPS) is 26.1. The van der Waals surface area contributed by atoms with Gasteiger partial charge in [0.1, 0.15) is 0 Å². The molecule has 0 radical (unpaired) electrons. The van der Waals surface area contributed by atoms with E-state index in [1.165, 1.54) is 64.5 Å². The molecule has 2 rings (SSSR count). The lowest BCUT2D eigenvalue weighted by Crippen LogP contribution is -2.59. The van der Waals surface area contributed by atoms with Crippen LogP contribution < -0.4 is 5.32 Å². The van der Waals surface area contributed by atoms with Crippen molar-refractivity contribution >= 4 is 0 Å². The van der Waals surface area contributed by atoms with Crippen molar-refractivity contribution in [1.29, 1.82) is 0 Å². The molecule has 0 amide bonds. The van der Waals surface area contributed by atoms with Crippen LogP contribution in [0.2, 0.25) is 0 Å². The molecule has 21 heavy (non-hydrogen) atoms. The standard InChI is InChI=1S/C18H36N2O/c1-4-19-17(12-8-10-16-11-9-15-21-16)18(2,3)20-13-6-5-7-14-20/h16-17,19H,4-15H2,1-3H3. The van der Waals surface area contributed by atoms with Gasteiger partial charge in [-0.3, -0.25) is 4.90 Å². The number of nitrogens with one attached hydrogen (secondary N) is 1. The van der Waals surface area contributed by atoms with Gasteiger partial charge >= 0.3 is 0 Å². The van der Waals surface area contributed by atoms with Gasteiger partial charge in [0.25, 0.3) is 0 Å². The number of likely N-dealkylation sites (N-methyl/N-ethyl adjacent to an activating group) is 1. The molecule has 3 heteroatoms. The Balaban J connectivity index is 1.83. The number of ether oxygens (including phenoxy) is 1. The molecule has 2 unspecified atom stereocenters. The highest BCUT2D eigenvalue weighted by Gasteiger charge is 2.35. The monoisotopic (exact) mass is 296 g/mol. The Hall–Kier alpha value is -0.120. The van der Waals surface area contributed by atoms with Gasteiger partial charge in [0.05, 0.1) is 6.10 Å². The lowest BCUT2D eigenvalue weighted by molar-refractivity contribution is 0.0543. The van der Waals surface area contributed by atoms with Gasteiger partial charge in [-0.2, -0.15) is 0 Å². The van der Waals surface area contributed by atoms with Crippen molar-refractivity contribution in [2.75, 3.05) is 26.2 Å². The van der Waals surface area contributed by atoms with E-state index in [2.05, 4.69) is 31.0 Å². The summed E-state index contributed by atoms with van der Waals surface area (Å²) in [5.74, 6) is 0. The van der Waals surface area contributed by atoms with Crippen molar-refractivity contribution in [3.63, 3.8) is 0 Å². The quantitative estimate of drug-likeness (QED) is 0.741. The van der Waals surface area contributed by atoms with Crippen LogP contribution in [0, 0.1) is 0 Å². The summed E-state index contributed by atoms with van der Waals surface area (Å²) in [6.07, 6.45) is 11.1. The van der Waals surface area contributed by atoms with Crippen LogP contribution in [0.1, 0.15) is 72.1 Å². The predicted octanol–water partition coefficient (Wildman–Crippen LogP) is 3.58. The highest BCUT2D eigenvalue weighted by Crippen LogP contribution is 2.27. The molecule has 0 aliphatic carbocycles. The second kappa shape index (κ2) is 8.50. The molecule has 1 N–H and O–H groups in total. The van der Waals surface area contributed by atoms with Crippen LogP contribution in [0.4, 0.5) is 0 Å². The van der Waals surface area contributed by atoms with E-state index in [0.717, 1.165) is 13.2 Å². The van der Waals surface area contributed by atoms with Crippen molar-refractivity contribution in [2.45, 2.75) is 89.8 Å². The topological polar surface area (TPSA) is 24.5 Å². The maximum atomic E-state index is 5.77. The molecular weight excluding hydrogens is 260 g/mol. The minimum atomic E-state index is 0.271. The Morgan fingerprint density at radius 2 is 1.95 bits per heavy atom. The molecule has 0 bridgehead atoms. The van der Waals surface area contributed by atoms with Crippen LogP contribution in [-0.2, 0) is 4.74 Å². The van der Waals surface area contributed by atoms with E-state index < -0.39 is 0 Å². The summed E-state index contributed by atoms with van der Waals surface area (Å²) in [7, 11) is 0. The van der Waals surface area contributed by atoms with E-state index in [1.54, 1.807) is 0 Å². The summed E-state index contributed by atoms with van der Waals surface area (Å²) >= 11 is 0. The molecule has 0 aromatic carbocycles. The fraction of sp³-hybridized carbons (Fsp3) is 1.00. The van der Waals surface area contributed by atoms with Gasteiger partial charge in [0.2, 0.25) is 0 Å². The number of rotatable bonds is 8. The fourth-order valence-electron chi connectivity index (χ4n) is 4.06. The fourth-order valence-corrected chi connectivity index (χ4v) is 4.06. The minimum absolute atomic E-state index is 0.271. The summed E-state index contributed by atoms with van der Waals surface area (Å²) < 4.78 is 5.77. The zero-order valence-electron chi connectivity index (χ0n) is 14.5. The van der Waals surface area contributed by atoms with Crippen LogP contribution >= 0.6 is 0 Å². The first-order valence-corrected chi connectivity index (χ1v) is 9.24. The second-order valence-electron chi connectivity index (χ2n) is 7.38. The van der Waals surface area contributed by atoms with E-state index >= 15 is 0 Å². The number of piperidine rings is 1. The third kappa shape index (κ3) is 4.94. The van der Waals surface area contributed by atoms with Crippen LogP contribution in [0.25, 0.3) is 0 Å². The first kappa shape index (κ1) is 17.2. The average Bonchev–Trinajstić information content (AvgIpc) is 3.00. The highest BCUT2D eigenvalue weighted by molar-refractivity contribution is 4.94. The number of hydrogen-bond acceptors (Lipinski definition) is 3. The smallest absolute Gasteiger partial charge is 0.0576 e. The number of nitrogens with zero attached hydrogens (tertiary/aromatic N) is 1. The molecule has 3 nitrogen and oxygen atoms in total. The van der Waals surface area contributed by atoms with Crippen LogP contribution in [0.5, 0.6) is 0 Å². The van der Waals surface area contributed by atoms with Crippen molar-refractivity contribution in [2.24, 2.45) is 0 Å². The van der Waals surface area contributed by atoms with Gasteiger partial charge in [-0.05, 0) is 78.4 Å². The van der Waals surface area contributed by atoms with Gasteiger partial charge in [0.15, 0.2) is 0 Å². The molecule has 2 atom stereocenters. The molecule has 0 aromatic heterocycles. The average molecular weight is 296 g/mol. The van der Waals surface area contributed by atoms with E-state index in [4.69, 9.17) is 4.74 Å². The first-order chi connectivity index (χ1) is 10.1. The number of likely N-dealkylation sites (tertiary alicyclic amines) is 1. The molecule has 0 aromatic rings. The van der Waals surface area contributed by atoms with Gasteiger partial charge in [-0.1, -0.05) is 13.3 Å². The van der Waals surface area contributed by atoms with Gasteiger partial charge < -0.3 is 10.1 Å². The Bertz CT molecular complexity index is 281. The molecule has 0 saturated carbocycles. The molecule has 124 valence electrons. The zero-order chi connectivity index (χ0) is 15.1. The van der Waals surface area contributed by atoms with Gasteiger partial charge in [-0.25, -0.2) is 0 Å². The third-order valence-corrected chi connectivity index (χ3v) is 5.52. The first-order valence-electron chi connectivity index (χ1n) is 9.24. The predicted molar refractivity (Wildman–Crippen MR) is 89.8 cm³/mol. The van der Waals surface area contributed by atoms with Crippen LogP contribution in [0.15, 0.2) is 0 Å². The lowest BCUT2D eigenvalue weighted by atomic mass is 9.86. The molecule has 2 aliphatic rings. The lowest BCUT2D eigenvalue weighted by Gasteiger charge is -2.46. The SMILES string of the molecule is CCNC(CCCC1CCCO1)C(C)(C)N1CCCCC1. The zero-order valence-corrected chi connectivity index (χ0v) is 14.5. The molecule has 2 fully saturated rings. The van der Waals surface area contributed by atoms with E-state index in [1.807, 2.05) is 0 Å². The Kier molecular flexibility index (Phi) is 6.97. The molecule has 2 saturated heterocycles. The Labute approximate surface area is 131 Å². The number of hydrogen-bond donors (Lipinski definition) is 1. The second-order valence-corrected chi connectivity index (χ2v) is 7.38. The summed E-state index contributed by atoms with van der Waals surface area (Å²) in [6.45, 7) is 11.7. The van der Waals surface area contributed by atoms with E-state index in [0.29, 0.717) is 12.1 Å². The highest BCUT2D eigenvalue weighted by atomic mass is 16.5. The maximum absolute atomic E-state index is 5.77. The van der Waals surface area contributed by atoms with Crippen LogP contribution in [-0.4, -0.2) is 48.8 Å². The Morgan fingerprint density at radius 1 is 1.19 bits per heavy atom. The minimum Gasteiger partial charge on any atom is -0.378 e. The molecular formula is C18H36N2O. The Morgan fingerprint density at radius 3 is 2.57 bits per heavy atom. The van der Waals surface area contributed by atoms with Crippen LogP contribution in [0.3, 0.4) is 0 Å². The molecule has 2 heterocycles. The maximum Gasteiger partial charge on any atom is 0.0576 e. The molecule has 0 spiro atoms. The van der Waals surface area contributed by atoms with Gasteiger partial charge in [0, 0.05) is 18.2 Å². The largest absolute Gasteiger partial charge is 0.378 e. The summed E-state index contributed by atoms with van der Waals surface area (Å²) in [5.41, 5.74) is 0.271.